The maximum absolute atomic E-state index is 10.9. The molecule has 0 aromatic heterocycles. The quantitative estimate of drug-likeness (QED) is 0.673. The van der Waals surface area contributed by atoms with Crippen molar-refractivity contribution in [2.75, 3.05) is 0 Å². The first-order valence-corrected chi connectivity index (χ1v) is 5.45. The number of carboxylic acids is 1. The molecule has 2 aliphatic rings. The molecule has 2 N–H and O–H groups in total. The molecule has 2 rings (SSSR count). The maximum Gasteiger partial charge on any atom is 0.306 e. The van der Waals surface area contributed by atoms with Crippen molar-refractivity contribution in [3.63, 3.8) is 0 Å². The number of aliphatic hydroxyl groups excluding tert-OH is 1. The van der Waals surface area contributed by atoms with Gasteiger partial charge in [0.05, 0.1) is 12.0 Å². The Morgan fingerprint density at radius 2 is 2.14 bits per heavy atom. The second-order valence-electron chi connectivity index (χ2n) is 5.12. The van der Waals surface area contributed by atoms with E-state index in [0.717, 1.165) is 25.7 Å². The van der Waals surface area contributed by atoms with Gasteiger partial charge in [0.1, 0.15) is 0 Å². The Labute approximate surface area is 84.1 Å². The van der Waals surface area contributed by atoms with Crippen LogP contribution in [-0.2, 0) is 4.79 Å². The molecule has 0 saturated heterocycles. The van der Waals surface area contributed by atoms with Crippen molar-refractivity contribution in [1.29, 1.82) is 0 Å². The predicted octanol–water partition coefficient (Wildman–Crippen LogP) is 1.65. The number of rotatable bonds is 1. The normalized spacial score (nSPS) is 47.4. The molecule has 4 atom stereocenters. The minimum absolute atomic E-state index is 0.124. The van der Waals surface area contributed by atoms with Gasteiger partial charge in [0, 0.05) is 0 Å². The van der Waals surface area contributed by atoms with E-state index in [0.29, 0.717) is 12.3 Å². The van der Waals surface area contributed by atoms with Crippen molar-refractivity contribution < 1.29 is 15.0 Å². The lowest BCUT2D eigenvalue weighted by atomic mass is 9.68. The van der Waals surface area contributed by atoms with Gasteiger partial charge in [-0.3, -0.25) is 4.79 Å². The number of carboxylic acid groups (broad SMARTS) is 1. The lowest BCUT2D eigenvalue weighted by Crippen LogP contribution is -2.39. The van der Waals surface area contributed by atoms with Crippen LogP contribution in [-0.4, -0.2) is 22.3 Å². The summed E-state index contributed by atoms with van der Waals surface area (Å²) in [6, 6.07) is 0. The summed E-state index contributed by atoms with van der Waals surface area (Å²) < 4.78 is 0. The minimum Gasteiger partial charge on any atom is -0.481 e. The van der Waals surface area contributed by atoms with Crippen LogP contribution in [0.2, 0.25) is 0 Å². The summed E-state index contributed by atoms with van der Waals surface area (Å²) in [6.07, 6.45) is 4.13. The van der Waals surface area contributed by atoms with Gasteiger partial charge in [0.2, 0.25) is 0 Å². The number of carbonyl (C=O) groups is 1. The van der Waals surface area contributed by atoms with Crippen molar-refractivity contribution >= 4 is 5.97 Å². The molecule has 0 radical (unpaired) electrons. The van der Waals surface area contributed by atoms with Crippen LogP contribution in [0.15, 0.2) is 0 Å². The average molecular weight is 198 g/mol. The summed E-state index contributed by atoms with van der Waals surface area (Å²) in [5.74, 6) is -0.488. The van der Waals surface area contributed by atoms with Crippen LogP contribution in [0.5, 0.6) is 0 Å². The van der Waals surface area contributed by atoms with E-state index in [-0.39, 0.29) is 17.4 Å². The van der Waals surface area contributed by atoms with Crippen LogP contribution in [0.1, 0.15) is 39.0 Å². The van der Waals surface area contributed by atoms with E-state index >= 15 is 0 Å². The highest BCUT2D eigenvalue weighted by Gasteiger charge is 2.51. The van der Waals surface area contributed by atoms with E-state index < -0.39 is 5.97 Å². The zero-order valence-corrected chi connectivity index (χ0v) is 8.57. The first-order chi connectivity index (χ1) is 6.54. The summed E-state index contributed by atoms with van der Waals surface area (Å²) in [7, 11) is 0. The largest absolute Gasteiger partial charge is 0.481 e. The Hall–Kier alpha value is -0.570. The van der Waals surface area contributed by atoms with Crippen molar-refractivity contribution in [2.24, 2.45) is 17.3 Å². The second kappa shape index (κ2) is 3.23. The maximum atomic E-state index is 10.9. The lowest BCUT2D eigenvalue weighted by Gasteiger charge is -2.40. The van der Waals surface area contributed by atoms with Crippen LogP contribution in [0.4, 0.5) is 0 Å². The van der Waals surface area contributed by atoms with Gasteiger partial charge in [-0.05, 0) is 37.0 Å². The van der Waals surface area contributed by atoms with Crippen molar-refractivity contribution in [3.05, 3.63) is 0 Å². The zero-order valence-electron chi connectivity index (χ0n) is 8.57. The molecule has 0 aromatic carbocycles. The van der Waals surface area contributed by atoms with Gasteiger partial charge in [0.25, 0.3) is 0 Å². The molecule has 0 bridgehead atoms. The molecule has 0 aromatic rings. The van der Waals surface area contributed by atoms with Crippen LogP contribution in [0.3, 0.4) is 0 Å². The summed E-state index contributed by atoms with van der Waals surface area (Å²) in [5.41, 5.74) is -0.124. The van der Waals surface area contributed by atoms with E-state index in [9.17, 15) is 9.90 Å². The van der Waals surface area contributed by atoms with E-state index in [1.54, 1.807) is 0 Å². The highest BCUT2D eigenvalue weighted by molar-refractivity contribution is 5.70. The molecule has 80 valence electrons. The third kappa shape index (κ3) is 1.34. The van der Waals surface area contributed by atoms with Crippen molar-refractivity contribution in [3.8, 4) is 0 Å². The third-order valence-corrected chi connectivity index (χ3v) is 4.33. The fourth-order valence-corrected chi connectivity index (χ4v) is 3.32. The fourth-order valence-electron chi connectivity index (χ4n) is 3.32. The van der Waals surface area contributed by atoms with Gasteiger partial charge in [0.15, 0.2) is 0 Å². The molecule has 0 aliphatic heterocycles. The predicted molar refractivity (Wildman–Crippen MR) is 51.8 cm³/mol. The van der Waals surface area contributed by atoms with E-state index in [1.165, 1.54) is 0 Å². The Kier molecular flexibility index (Phi) is 2.30. The van der Waals surface area contributed by atoms with Gasteiger partial charge in [-0.1, -0.05) is 13.3 Å². The van der Waals surface area contributed by atoms with E-state index in [1.807, 2.05) is 0 Å². The molecule has 0 spiro atoms. The average Bonchev–Trinajstić information content (AvgIpc) is 2.45. The van der Waals surface area contributed by atoms with Gasteiger partial charge in [-0.2, -0.15) is 0 Å². The minimum atomic E-state index is -0.687. The van der Waals surface area contributed by atoms with Crippen molar-refractivity contribution in [1.82, 2.24) is 0 Å². The van der Waals surface area contributed by atoms with Crippen LogP contribution in [0.25, 0.3) is 0 Å². The number of hydrogen-bond acceptors (Lipinski definition) is 2. The Balaban J connectivity index is 2.17. The zero-order chi connectivity index (χ0) is 10.3. The van der Waals surface area contributed by atoms with Gasteiger partial charge >= 0.3 is 5.97 Å². The molecule has 2 aliphatic carbocycles. The van der Waals surface area contributed by atoms with Gasteiger partial charge < -0.3 is 10.2 Å². The van der Waals surface area contributed by atoms with Gasteiger partial charge in [-0.15, -0.1) is 0 Å². The van der Waals surface area contributed by atoms with Crippen LogP contribution < -0.4 is 0 Å². The smallest absolute Gasteiger partial charge is 0.306 e. The van der Waals surface area contributed by atoms with Crippen LogP contribution in [0, 0.1) is 17.3 Å². The Morgan fingerprint density at radius 3 is 2.71 bits per heavy atom. The summed E-state index contributed by atoms with van der Waals surface area (Å²) >= 11 is 0. The molecule has 0 heterocycles. The summed E-state index contributed by atoms with van der Waals surface area (Å²) in [5, 5.41) is 18.9. The molecule has 3 heteroatoms. The van der Waals surface area contributed by atoms with E-state index in [2.05, 4.69) is 6.92 Å². The molecule has 2 fully saturated rings. The molecule has 14 heavy (non-hydrogen) atoms. The highest BCUT2D eigenvalue weighted by atomic mass is 16.4. The summed E-state index contributed by atoms with van der Waals surface area (Å²) in [6.45, 7) is 2.06. The first-order valence-electron chi connectivity index (χ1n) is 5.45. The lowest BCUT2D eigenvalue weighted by molar-refractivity contribution is -0.141. The molecular formula is C11H18O3. The van der Waals surface area contributed by atoms with Crippen molar-refractivity contribution in [2.45, 2.75) is 45.1 Å². The highest BCUT2D eigenvalue weighted by Crippen LogP contribution is 2.54. The van der Waals surface area contributed by atoms with Crippen LogP contribution >= 0.6 is 0 Å². The fraction of sp³-hybridized carbons (Fsp3) is 0.909. The second-order valence-corrected chi connectivity index (χ2v) is 5.12. The summed E-state index contributed by atoms with van der Waals surface area (Å²) in [4.78, 5) is 10.9. The Morgan fingerprint density at radius 1 is 1.43 bits per heavy atom. The number of hydrogen-bond donors (Lipinski definition) is 2. The molecular weight excluding hydrogens is 180 g/mol. The molecule has 2 saturated carbocycles. The molecule has 3 nitrogen and oxygen atoms in total. The van der Waals surface area contributed by atoms with Gasteiger partial charge in [-0.25, -0.2) is 0 Å². The van der Waals surface area contributed by atoms with E-state index in [4.69, 9.17) is 5.11 Å². The standard InChI is InChI=1S/C11H18O3/c1-11-6-7(10(13)14)5-8(11)3-2-4-9(11)12/h7-9,12H,2-6H2,1H3,(H,13,14). The molecule has 4 unspecified atom stereocenters. The number of aliphatic carboxylic acids is 1. The number of fused-ring (bicyclic) bond motifs is 1. The Bertz CT molecular complexity index is 251. The topological polar surface area (TPSA) is 57.5 Å². The SMILES string of the molecule is CC12CC(C(=O)O)CC1CCCC2O. The molecule has 0 amide bonds. The monoisotopic (exact) mass is 198 g/mol. The first kappa shape index (κ1) is 9.97. The third-order valence-electron chi connectivity index (χ3n) is 4.33. The number of aliphatic hydroxyl groups is 1.